The van der Waals surface area contributed by atoms with Gasteiger partial charge in [-0.3, -0.25) is 9.59 Å². The van der Waals surface area contributed by atoms with E-state index in [1.807, 2.05) is 31.2 Å². The van der Waals surface area contributed by atoms with Gasteiger partial charge in [-0.25, -0.2) is 0 Å². The number of nitrogens with one attached hydrogen (secondary N) is 1. The van der Waals surface area contributed by atoms with Gasteiger partial charge >= 0.3 is 0 Å². The van der Waals surface area contributed by atoms with Crippen LogP contribution in [0.5, 0.6) is 0 Å². The molecule has 0 aliphatic heterocycles. The summed E-state index contributed by atoms with van der Waals surface area (Å²) in [5, 5.41) is 2.46. The van der Waals surface area contributed by atoms with Gasteiger partial charge in [0.15, 0.2) is 0 Å². The van der Waals surface area contributed by atoms with E-state index in [1.165, 1.54) is 10.5 Å². The van der Waals surface area contributed by atoms with Crippen molar-refractivity contribution >= 4 is 39.5 Å². The lowest BCUT2D eigenvalue weighted by molar-refractivity contribution is -0.130. The number of benzene rings is 1. The van der Waals surface area contributed by atoms with Crippen LogP contribution in [0, 0.1) is 0 Å². The van der Waals surface area contributed by atoms with Gasteiger partial charge in [0.2, 0.25) is 11.8 Å². The van der Waals surface area contributed by atoms with Gasteiger partial charge in [0, 0.05) is 24.3 Å². The minimum absolute atomic E-state index is 0.0506. The zero-order chi connectivity index (χ0) is 15.1. The van der Waals surface area contributed by atoms with Crippen LogP contribution in [-0.2, 0) is 15.3 Å². The van der Waals surface area contributed by atoms with Crippen LogP contribution in [0.15, 0.2) is 28.7 Å². The summed E-state index contributed by atoms with van der Waals surface area (Å²) in [6.07, 6.45) is 0. The molecule has 0 aliphatic rings. The van der Waals surface area contributed by atoms with Crippen LogP contribution in [0.1, 0.15) is 12.5 Å². The second kappa shape index (κ2) is 8.32. The number of hydrogen-bond donors (Lipinski definition) is 1. The third-order valence-electron chi connectivity index (χ3n) is 2.70. The molecule has 110 valence electrons. The van der Waals surface area contributed by atoms with Crippen molar-refractivity contribution in [3.05, 3.63) is 34.3 Å². The average molecular weight is 359 g/mol. The van der Waals surface area contributed by atoms with E-state index in [0.29, 0.717) is 0 Å². The normalized spacial score (nSPS) is 11.8. The number of amides is 2. The molecule has 20 heavy (non-hydrogen) atoms. The Morgan fingerprint density at radius 3 is 2.45 bits per heavy atom. The Bertz CT molecular complexity index is 463. The molecule has 4 nitrogen and oxygen atoms in total. The molecule has 1 atom stereocenters. The summed E-state index contributed by atoms with van der Waals surface area (Å²) in [6, 6.07) is 8.02. The molecular weight excluding hydrogens is 340 g/mol. The quantitative estimate of drug-likeness (QED) is 0.848. The predicted octanol–water partition coefficient (Wildman–Crippen LogP) is 2.28. The Balaban J connectivity index is 2.34. The minimum atomic E-state index is -0.186. The second-order valence-corrected chi connectivity index (χ2v) is 6.83. The molecule has 0 saturated carbocycles. The number of halogens is 1. The van der Waals surface area contributed by atoms with Crippen molar-refractivity contribution in [2.24, 2.45) is 0 Å². The SMILES string of the molecule is C[C@H](SCc1ccc(Br)cc1)C(=O)NCC(=O)N(C)C. The topological polar surface area (TPSA) is 49.4 Å². The number of likely N-dealkylation sites (N-methyl/N-ethyl adjacent to an activating group) is 1. The zero-order valence-corrected chi connectivity index (χ0v) is 14.3. The number of carbonyl (C=O) groups is 2. The third kappa shape index (κ3) is 5.96. The molecule has 0 radical (unpaired) electrons. The first-order valence-electron chi connectivity index (χ1n) is 6.24. The van der Waals surface area contributed by atoms with Crippen LogP contribution in [0.4, 0.5) is 0 Å². The molecule has 2 amide bonds. The molecule has 0 saturated heterocycles. The van der Waals surface area contributed by atoms with Crippen LogP contribution < -0.4 is 5.32 Å². The number of thioether (sulfide) groups is 1. The van der Waals surface area contributed by atoms with Gasteiger partial charge < -0.3 is 10.2 Å². The van der Waals surface area contributed by atoms with Gasteiger partial charge in [-0.1, -0.05) is 28.1 Å². The molecule has 1 rings (SSSR count). The van der Waals surface area contributed by atoms with Crippen LogP contribution in [0.3, 0.4) is 0 Å². The Morgan fingerprint density at radius 1 is 1.30 bits per heavy atom. The van der Waals surface area contributed by atoms with E-state index >= 15 is 0 Å². The van der Waals surface area contributed by atoms with Crippen LogP contribution in [-0.4, -0.2) is 42.6 Å². The molecule has 0 unspecified atom stereocenters. The highest BCUT2D eigenvalue weighted by Crippen LogP contribution is 2.19. The molecule has 1 aromatic rings. The maximum atomic E-state index is 11.8. The van der Waals surface area contributed by atoms with Gasteiger partial charge in [-0.15, -0.1) is 11.8 Å². The first kappa shape index (κ1) is 17.0. The summed E-state index contributed by atoms with van der Waals surface area (Å²) in [6.45, 7) is 1.90. The highest BCUT2D eigenvalue weighted by atomic mass is 79.9. The monoisotopic (exact) mass is 358 g/mol. The van der Waals surface area contributed by atoms with Crippen LogP contribution in [0.25, 0.3) is 0 Å². The Labute approximate surface area is 132 Å². The van der Waals surface area contributed by atoms with E-state index in [4.69, 9.17) is 0 Å². The zero-order valence-electron chi connectivity index (χ0n) is 11.9. The number of hydrogen-bond acceptors (Lipinski definition) is 3. The summed E-state index contributed by atoms with van der Waals surface area (Å²) in [5.74, 6) is 0.550. The lowest BCUT2D eigenvalue weighted by Gasteiger charge is -2.14. The van der Waals surface area contributed by atoms with Gasteiger partial charge in [-0.05, 0) is 24.6 Å². The number of nitrogens with zero attached hydrogens (tertiary/aromatic N) is 1. The molecule has 0 spiro atoms. The lowest BCUT2D eigenvalue weighted by Crippen LogP contribution is -2.39. The Morgan fingerprint density at radius 2 is 1.90 bits per heavy atom. The van der Waals surface area contributed by atoms with Crippen LogP contribution >= 0.6 is 27.7 Å². The summed E-state index contributed by atoms with van der Waals surface area (Å²) < 4.78 is 1.04. The summed E-state index contributed by atoms with van der Waals surface area (Å²) in [7, 11) is 3.33. The molecule has 0 fully saturated rings. The molecular formula is C14H19BrN2O2S. The van der Waals surface area contributed by atoms with E-state index < -0.39 is 0 Å². The van der Waals surface area contributed by atoms with Gasteiger partial charge in [0.1, 0.15) is 0 Å². The molecule has 1 N–H and O–H groups in total. The Hall–Kier alpha value is -1.01. The second-order valence-electron chi connectivity index (χ2n) is 4.59. The standard InChI is InChI=1S/C14H19BrN2O2S/c1-10(14(19)16-8-13(18)17(2)3)20-9-11-4-6-12(15)7-5-11/h4-7,10H,8-9H2,1-3H3,(H,16,19)/t10-/m0/s1. The smallest absolute Gasteiger partial charge is 0.241 e. The van der Waals surface area contributed by atoms with Crippen molar-refractivity contribution in [1.82, 2.24) is 10.2 Å². The van der Waals surface area contributed by atoms with Crippen molar-refractivity contribution in [1.29, 1.82) is 0 Å². The summed E-state index contributed by atoms with van der Waals surface area (Å²) in [4.78, 5) is 24.7. The van der Waals surface area contributed by atoms with Crippen molar-refractivity contribution in [2.75, 3.05) is 20.6 Å². The number of carbonyl (C=O) groups excluding carboxylic acids is 2. The first-order valence-corrected chi connectivity index (χ1v) is 8.08. The minimum Gasteiger partial charge on any atom is -0.347 e. The summed E-state index contributed by atoms with van der Waals surface area (Å²) >= 11 is 4.94. The Kier molecular flexibility index (Phi) is 7.09. The fourth-order valence-corrected chi connectivity index (χ4v) is 2.48. The first-order chi connectivity index (χ1) is 9.40. The van der Waals surface area contributed by atoms with E-state index in [-0.39, 0.29) is 23.6 Å². The van der Waals surface area contributed by atoms with E-state index in [2.05, 4.69) is 21.2 Å². The van der Waals surface area contributed by atoms with Crippen molar-refractivity contribution in [3.8, 4) is 0 Å². The maximum Gasteiger partial charge on any atom is 0.241 e. The van der Waals surface area contributed by atoms with Crippen molar-refractivity contribution in [3.63, 3.8) is 0 Å². The highest BCUT2D eigenvalue weighted by molar-refractivity contribution is 9.10. The molecule has 0 aromatic heterocycles. The fourth-order valence-electron chi connectivity index (χ4n) is 1.34. The average Bonchev–Trinajstić information content (AvgIpc) is 2.43. The largest absolute Gasteiger partial charge is 0.347 e. The van der Waals surface area contributed by atoms with E-state index in [0.717, 1.165) is 10.2 Å². The number of rotatable bonds is 6. The molecule has 6 heteroatoms. The molecule has 1 aromatic carbocycles. The summed E-state index contributed by atoms with van der Waals surface area (Å²) in [5.41, 5.74) is 1.17. The van der Waals surface area contributed by atoms with Crippen molar-refractivity contribution in [2.45, 2.75) is 17.9 Å². The maximum absolute atomic E-state index is 11.8. The fraction of sp³-hybridized carbons (Fsp3) is 0.429. The van der Waals surface area contributed by atoms with E-state index in [9.17, 15) is 9.59 Å². The van der Waals surface area contributed by atoms with Crippen LogP contribution in [0.2, 0.25) is 0 Å². The third-order valence-corrected chi connectivity index (χ3v) is 4.44. The molecule has 0 aliphatic carbocycles. The van der Waals surface area contributed by atoms with Gasteiger partial charge in [0.05, 0.1) is 11.8 Å². The lowest BCUT2D eigenvalue weighted by atomic mass is 10.2. The molecule has 0 bridgehead atoms. The molecule has 0 heterocycles. The van der Waals surface area contributed by atoms with Gasteiger partial charge in [-0.2, -0.15) is 0 Å². The van der Waals surface area contributed by atoms with E-state index in [1.54, 1.807) is 25.9 Å². The predicted molar refractivity (Wildman–Crippen MR) is 86.6 cm³/mol. The van der Waals surface area contributed by atoms with Crippen molar-refractivity contribution < 1.29 is 9.59 Å². The van der Waals surface area contributed by atoms with Gasteiger partial charge in [0.25, 0.3) is 0 Å². The highest BCUT2D eigenvalue weighted by Gasteiger charge is 2.14.